The first kappa shape index (κ1) is 19.8. The number of carbonyl (C=O) groups is 2. The van der Waals surface area contributed by atoms with E-state index in [1.165, 1.54) is 31.2 Å². The summed E-state index contributed by atoms with van der Waals surface area (Å²) in [6, 6.07) is 12.3. The Morgan fingerprint density at radius 1 is 0.923 bits per heavy atom. The molecular formula is C19H22N2O4S. The molecule has 0 heterocycles. The maximum atomic E-state index is 12.4. The summed E-state index contributed by atoms with van der Waals surface area (Å²) >= 11 is 0. The largest absolute Gasteiger partial charge is 0.322 e. The first-order valence-corrected chi connectivity index (χ1v) is 9.53. The summed E-state index contributed by atoms with van der Waals surface area (Å²) in [7, 11) is -3.74. The van der Waals surface area contributed by atoms with E-state index in [0.717, 1.165) is 0 Å². The van der Waals surface area contributed by atoms with Crippen molar-refractivity contribution >= 4 is 27.4 Å². The summed E-state index contributed by atoms with van der Waals surface area (Å²) in [6.07, 6.45) is 0. The quantitative estimate of drug-likeness (QED) is 0.786. The third-order valence-corrected chi connectivity index (χ3v) is 5.13. The molecule has 0 unspecified atom stereocenters. The van der Waals surface area contributed by atoms with Gasteiger partial charge in [0.05, 0.1) is 4.90 Å². The van der Waals surface area contributed by atoms with Crippen LogP contribution in [0, 0.1) is 0 Å². The van der Waals surface area contributed by atoms with Crippen molar-refractivity contribution in [1.29, 1.82) is 0 Å². The van der Waals surface area contributed by atoms with Gasteiger partial charge in [-0.25, -0.2) is 13.1 Å². The van der Waals surface area contributed by atoms with Crippen molar-refractivity contribution in [2.45, 2.75) is 38.1 Å². The fraction of sp³-hybridized carbons (Fsp3) is 0.263. The molecule has 0 bridgehead atoms. The van der Waals surface area contributed by atoms with Gasteiger partial charge in [-0.05, 0) is 58.0 Å². The van der Waals surface area contributed by atoms with Crippen LogP contribution in [0.25, 0.3) is 0 Å². The molecule has 2 N–H and O–H groups in total. The average Bonchev–Trinajstić information content (AvgIpc) is 2.53. The van der Waals surface area contributed by atoms with Gasteiger partial charge in [0.2, 0.25) is 10.0 Å². The number of benzene rings is 2. The van der Waals surface area contributed by atoms with Crippen molar-refractivity contribution in [3.63, 3.8) is 0 Å². The van der Waals surface area contributed by atoms with Gasteiger partial charge in [0.1, 0.15) is 0 Å². The number of amides is 1. The number of Topliss-reactive ketones (excluding diaryl/α,β-unsaturated/α-hetero) is 1. The normalized spacial score (nSPS) is 11.8. The Balaban J connectivity index is 2.26. The highest BCUT2D eigenvalue weighted by Crippen LogP contribution is 2.17. The third-order valence-electron chi connectivity index (χ3n) is 3.37. The number of sulfonamides is 1. The van der Waals surface area contributed by atoms with Gasteiger partial charge in [0, 0.05) is 22.4 Å². The summed E-state index contributed by atoms with van der Waals surface area (Å²) in [6.45, 7) is 6.66. The zero-order chi connectivity index (χ0) is 19.5. The minimum Gasteiger partial charge on any atom is -0.322 e. The van der Waals surface area contributed by atoms with Crippen molar-refractivity contribution in [2.24, 2.45) is 0 Å². The molecule has 0 fully saturated rings. The maximum absolute atomic E-state index is 12.4. The Bertz CT molecular complexity index is 944. The maximum Gasteiger partial charge on any atom is 0.255 e. The van der Waals surface area contributed by atoms with Crippen molar-refractivity contribution in [1.82, 2.24) is 4.72 Å². The van der Waals surface area contributed by atoms with E-state index in [2.05, 4.69) is 10.0 Å². The second kappa shape index (κ2) is 7.39. The van der Waals surface area contributed by atoms with Crippen LogP contribution in [0.4, 0.5) is 5.69 Å². The minimum atomic E-state index is -3.74. The fourth-order valence-corrected chi connectivity index (χ4v) is 3.75. The van der Waals surface area contributed by atoms with Crippen LogP contribution in [0.2, 0.25) is 0 Å². The summed E-state index contributed by atoms with van der Waals surface area (Å²) in [5.74, 6) is -0.569. The lowest BCUT2D eigenvalue weighted by Crippen LogP contribution is -2.40. The first-order chi connectivity index (χ1) is 12.0. The summed E-state index contributed by atoms with van der Waals surface area (Å²) in [5.41, 5.74) is 0.511. The van der Waals surface area contributed by atoms with E-state index in [9.17, 15) is 18.0 Å². The molecule has 0 saturated heterocycles. The number of anilines is 1. The molecule has 0 aliphatic carbocycles. The van der Waals surface area contributed by atoms with E-state index in [1.807, 2.05) is 0 Å². The Labute approximate surface area is 153 Å². The van der Waals surface area contributed by atoms with E-state index in [4.69, 9.17) is 0 Å². The lowest BCUT2D eigenvalue weighted by Gasteiger charge is -2.20. The molecule has 0 saturated carbocycles. The molecule has 0 atom stereocenters. The molecule has 2 aromatic carbocycles. The molecule has 26 heavy (non-hydrogen) atoms. The van der Waals surface area contributed by atoms with Gasteiger partial charge < -0.3 is 5.32 Å². The third kappa shape index (κ3) is 5.24. The van der Waals surface area contributed by atoms with Crippen LogP contribution in [0.3, 0.4) is 0 Å². The number of nitrogens with one attached hydrogen (secondary N) is 2. The number of rotatable bonds is 5. The molecule has 0 radical (unpaired) electrons. The number of hydrogen-bond donors (Lipinski definition) is 2. The van der Waals surface area contributed by atoms with Gasteiger partial charge in [-0.15, -0.1) is 0 Å². The predicted molar refractivity (Wildman–Crippen MR) is 101 cm³/mol. The van der Waals surface area contributed by atoms with Gasteiger partial charge in [0.25, 0.3) is 5.91 Å². The molecule has 2 rings (SSSR count). The second-order valence-corrected chi connectivity index (χ2v) is 8.66. The smallest absolute Gasteiger partial charge is 0.255 e. The number of ketones is 1. The van der Waals surface area contributed by atoms with Crippen LogP contribution in [0.1, 0.15) is 48.4 Å². The zero-order valence-electron chi connectivity index (χ0n) is 15.2. The van der Waals surface area contributed by atoms with E-state index < -0.39 is 21.5 Å². The lowest BCUT2D eigenvalue weighted by molar-refractivity contribution is 0.101. The first-order valence-electron chi connectivity index (χ1n) is 8.04. The van der Waals surface area contributed by atoms with Gasteiger partial charge in [-0.1, -0.05) is 18.2 Å². The summed E-state index contributed by atoms with van der Waals surface area (Å²) in [5, 5.41) is 2.67. The molecule has 0 aliphatic heterocycles. The Morgan fingerprint density at radius 3 is 2.15 bits per heavy atom. The molecule has 6 nitrogen and oxygen atoms in total. The van der Waals surface area contributed by atoms with Crippen molar-refractivity contribution in [2.75, 3.05) is 5.32 Å². The molecule has 1 amide bonds. The highest BCUT2D eigenvalue weighted by Gasteiger charge is 2.22. The fourth-order valence-electron chi connectivity index (χ4n) is 2.29. The minimum absolute atomic E-state index is 0.0116. The average molecular weight is 374 g/mol. The molecule has 0 aliphatic rings. The molecule has 2 aromatic rings. The second-order valence-electron chi connectivity index (χ2n) is 6.97. The molecule has 138 valence electrons. The van der Waals surface area contributed by atoms with Crippen LogP contribution < -0.4 is 10.0 Å². The van der Waals surface area contributed by atoms with Crippen molar-refractivity contribution in [3.8, 4) is 0 Å². The zero-order valence-corrected chi connectivity index (χ0v) is 16.0. The number of carbonyl (C=O) groups excluding carboxylic acids is 2. The van der Waals surface area contributed by atoms with Crippen LogP contribution in [-0.2, 0) is 10.0 Å². The lowest BCUT2D eigenvalue weighted by atomic mass is 10.1. The van der Waals surface area contributed by atoms with Crippen LogP contribution >= 0.6 is 0 Å². The van der Waals surface area contributed by atoms with E-state index >= 15 is 0 Å². The highest BCUT2D eigenvalue weighted by atomic mass is 32.2. The summed E-state index contributed by atoms with van der Waals surface area (Å²) < 4.78 is 27.4. The number of hydrogen-bond acceptors (Lipinski definition) is 4. The highest BCUT2D eigenvalue weighted by molar-refractivity contribution is 7.89. The monoisotopic (exact) mass is 374 g/mol. The Hall–Kier alpha value is -2.51. The van der Waals surface area contributed by atoms with Crippen LogP contribution in [0.5, 0.6) is 0 Å². The molecule has 7 heteroatoms. The predicted octanol–water partition coefficient (Wildman–Crippen LogP) is 3.22. The van der Waals surface area contributed by atoms with Gasteiger partial charge >= 0.3 is 0 Å². The standard InChI is InChI=1S/C19H22N2O4S/c1-13(22)14-7-5-9-16(11-14)20-18(23)15-8-6-10-17(12-15)26(24,25)21-19(2,3)4/h5-12,21H,1-4H3,(H,20,23). The Kier molecular flexibility index (Phi) is 5.63. The van der Waals surface area contributed by atoms with Crippen molar-refractivity contribution in [3.05, 3.63) is 59.7 Å². The van der Waals surface area contributed by atoms with Crippen LogP contribution in [0.15, 0.2) is 53.4 Å². The SMILES string of the molecule is CC(=O)c1cccc(NC(=O)c2cccc(S(=O)(=O)NC(C)(C)C)c2)c1. The molecule has 0 spiro atoms. The van der Waals surface area contributed by atoms with Crippen LogP contribution in [-0.4, -0.2) is 25.6 Å². The van der Waals surface area contributed by atoms with Gasteiger partial charge in [-0.2, -0.15) is 0 Å². The topological polar surface area (TPSA) is 92.3 Å². The Morgan fingerprint density at radius 2 is 1.54 bits per heavy atom. The molecular weight excluding hydrogens is 352 g/mol. The van der Waals surface area contributed by atoms with E-state index in [1.54, 1.807) is 45.0 Å². The van der Waals surface area contributed by atoms with E-state index in [-0.39, 0.29) is 16.2 Å². The van der Waals surface area contributed by atoms with E-state index in [0.29, 0.717) is 11.3 Å². The van der Waals surface area contributed by atoms with Gasteiger partial charge in [0.15, 0.2) is 5.78 Å². The van der Waals surface area contributed by atoms with Crippen molar-refractivity contribution < 1.29 is 18.0 Å². The van der Waals surface area contributed by atoms with Gasteiger partial charge in [-0.3, -0.25) is 9.59 Å². The summed E-state index contributed by atoms with van der Waals surface area (Å²) in [4.78, 5) is 23.9. The molecule has 0 aromatic heterocycles.